The van der Waals surface area contributed by atoms with E-state index in [0.29, 0.717) is 19.4 Å². The molecule has 1 N–H and O–H groups in total. The van der Waals surface area contributed by atoms with Crippen molar-refractivity contribution in [2.75, 3.05) is 7.11 Å². The molecule has 3 rings (SSSR count). The van der Waals surface area contributed by atoms with Gasteiger partial charge < -0.3 is 10.1 Å². The number of nitrogens with one attached hydrogen (secondary N) is 1. The van der Waals surface area contributed by atoms with Crippen molar-refractivity contribution in [3.05, 3.63) is 81.8 Å². The van der Waals surface area contributed by atoms with E-state index in [1.54, 1.807) is 18.4 Å². The van der Waals surface area contributed by atoms with Crippen LogP contribution in [0.1, 0.15) is 27.4 Å². The van der Waals surface area contributed by atoms with Crippen LogP contribution in [-0.4, -0.2) is 18.0 Å². The first kappa shape index (κ1) is 18.1. The maximum absolute atomic E-state index is 12.1. The number of hydrogen-bond acceptors (Lipinski definition) is 4. The number of aryl methyl sites for hydroxylation is 1. The minimum absolute atomic E-state index is 0.0238. The average Bonchev–Trinajstić information content (AvgIpc) is 3.13. The Hall–Kier alpha value is -2.66. The summed E-state index contributed by atoms with van der Waals surface area (Å²) in [5.74, 6) is 0.849. The second-order valence-electron chi connectivity index (χ2n) is 5.97. The third-order valence-corrected chi connectivity index (χ3v) is 5.07. The molecule has 0 saturated heterocycles. The van der Waals surface area contributed by atoms with Crippen LogP contribution in [0.25, 0.3) is 0 Å². The molecule has 0 saturated carbocycles. The fraction of sp³-hybridized carbons (Fsp3) is 0.238. The highest BCUT2D eigenvalue weighted by Gasteiger charge is 2.08. The van der Waals surface area contributed by atoms with E-state index in [4.69, 9.17) is 4.74 Å². The predicted octanol–water partition coefficient (Wildman–Crippen LogP) is 3.99. The van der Waals surface area contributed by atoms with Crippen molar-refractivity contribution in [2.24, 2.45) is 0 Å². The van der Waals surface area contributed by atoms with Crippen LogP contribution in [0, 0.1) is 0 Å². The summed E-state index contributed by atoms with van der Waals surface area (Å²) in [6, 6.07) is 18.1. The molecule has 0 spiro atoms. The number of rotatable bonds is 8. The van der Waals surface area contributed by atoms with E-state index in [0.717, 1.165) is 22.7 Å². The average molecular weight is 366 g/mol. The lowest BCUT2D eigenvalue weighted by molar-refractivity contribution is -0.121. The van der Waals surface area contributed by atoms with Gasteiger partial charge in [-0.3, -0.25) is 4.79 Å². The van der Waals surface area contributed by atoms with Gasteiger partial charge in [0.15, 0.2) is 0 Å². The molecule has 3 aromatic rings. The lowest BCUT2D eigenvalue weighted by Gasteiger charge is -2.08. The summed E-state index contributed by atoms with van der Waals surface area (Å²) < 4.78 is 5.32. The van der Waals surface area contributed by atoms with Crippen molar-refractivity contribution in [3.8, 4) is 5.75 Å². The number of benzene rings is 2. The van der Waals surface area contributed by atoms with E-state index in [2.05, 4.69) is 22.4 Å². The Bertz CT molecular complexity index is 846. The Morgan fingerprint density at radius 1 is 1.12 bits per heavy atom. The first-order valence-electron chi connectivity index (χ1n) is 8.60. The fourth-order valence-corrected chi connectivity index (χ4v) is 3.63. The predicted molar refractivity (Wildman–Crippen MR) is 105 cm³/mol. The third-order valence-electron chi connectivity index (χ3n) is 4.07. The van der Waals surface area contributed by atoms with Crippen molar-refractivity contribution in [3.63, 3.8) is 0 Å². The Labute approximate surface area is 157 Å². The highest BCUT2D eigenvalue weighted by Crippen LogP contribution is 2.19. The second-order valence-corrected chi connectivity index (χ2v) is 7.17. The molecule has 0 aliphatic rings. The topological polar surface area (TPSA) is 51.2 Å². The van der Waals surface area contributed by atoms with Crippen LogP contribution in [0.5, 0.6) is 5.75 Å². The van der Waals surface area contributed by atoms with Gasteiger partial charge in [-0.2, -0.15) is 0 Å². The zero-order valence-electron chi connectivity index (χ0n) is 14.8. The van der Waals surface area contributed by atoms with Crippen LogP contribution in [-0.2, 0) is 24.2 Å². The van der Waals surface area contributed by atoms with Crippen LogP contribution < -0.4 is 10.1 Å². The first-order valence-corrected chi connectivity index (χ1v) is 9.42. The molecule has 0 atom stereocenters. The molecule has 0 aliphatic carbocycles. The van der Waals surface area contributed by atoms with E-state index < -0.39 is 0 Å². The summed E-state index contributed by atoms with van der Waals surface area (Å²) in [4.78, 5) is 17.7. The van der Waals surface area contributed by atoms with Crippen LogP contribution >= 0.6 is 11.3 Å². The van der Waals surface area contributed by atoms with Crippen LogP contribution in [0.2, 0.25) is 0 Å². The number of methoxy groups -OCH3 is 1. The number of carbonyl (C=O) groups is 1. The Morgan fingerprint density at radius 3 is 2.69 bits per heavy atom. The first-order chi connectivity index (χ1) is 12.7. The maximum atomic E-state index is 12.1. The lowest BCUT2D eigenvalue weighted by atomic mass is 10.1. The second kappa shape index (κ2) is 9.15. The van der Waals surface area contributed by atoms with Crippen LogP contribution in [0.15, 0.2) is 60.8 Å². The largest absolute Gasteiger partial charge is 0.496 e. The zero-order chi connectivity index (χ0) is 18.2. The van der Waals surface area contributed by atoms with Crippen molar-refractivity contribution < 1.29 is 9.53 Å². The van der Waals surface area contributed by atoms with Gasteiger partial charge in [-0.15, -0.1) is 11.3 Å². The number of carbonyl (C=O) groups excluding carboxylic acids is 1. The van der Waals surface area contributed by atoms with Crippen LogP contribution in [0.3, 0.4) is 0 Å². The van der Waals surface area contributed by atoms with Crippen molar-refractivity contribution in [1.29, 1.82) is 0 Å². The number of hydrogen-bond donors (Lipinski definition) is 1. The molecular formula is C21H22N2O2S. The summed E-state index contributed by atoms with van der Waals surface area (Å²) in [7, 11) is 1.65. The summed E-state index contributed by atoms with van der Waals surface area (Å²) >= 11 is 1.64. The highest BCUT2D eigenvalue weighted by atomic mass is 32.1. The summed E-state index contributed by atoms with van der Waals surface area (Å²) in [6.45, 7) is 0.476. The summed E-state index contributed by atoms with van der Waals surface area (Å²) in [5.41, 5.74) is 2.31. The van der Waals surface area contributed by atoms with E-state index in [1.165, 1.54) is 10.4 Å². The van der Waals surface area contributed by atoms with Gasteiger partial charge in [-0.1, -0.05) is 48.5 Å². The van der Waals surface area contributed by atoms with Gasteiger partial charge in [0.05, 0.1) is 13.7 Å². The Morgan fingerprint density at radius 2 is 1.88 bits per heavy atom. The van der Waals surface area contributed by atoms with E-state index in [-0.39, 0.29) is 5.91 Å². The quantitative estimate of drug-likeness (QED) is 0.656. The molecule has 5 heteroatoms. The van der Waals surface area contributed by atoms with Gasteiger partial charge >= 0.3 is 0 Å². The van der Waals surface area contributed by atoms with Crippen molar-refractivity contribution in [2.45, 2.75) is 25.8 Å². The van der Waals surface area contributed by atoms with Crippen LogP contribution in [0.4, 0.5) is 0 Å². The van der Waals surface area contributed by atoms with E-state index >= 15 is 0 Å². The van der Waals surface area contributed by atoms with Gasteiger partial charge in [-0.25, -0.2) is 4.98 Å². The number of nitrogens with zero attached hydrogens (tertiary/aromatic N) is 1. The number of thiazole rings is 1. The molecule has 0 unspecified atom stereocenters. The molecule has 1 heterocycles. The van der Waals surface area contributed by atoms with Crippen molar-refractivity contribution >= 4 is 17.2 Å². The highest BCUT2D eigenvalue weighted by molar-refractivity contribution is 7.11. The number of para-hydroxylation sites is 1. The summed E-state index contributed by atoms with van der Waals surface area (Å²) in [6.07, 6.45) is 3.86. The SMILES string of the molecule is COc1ccccc1CCC(=O)NCc1ncc(Cc2ccccc2)s1. The molecule has 1 amide bonds. The van der Waals surface area contributed by atoms with Gasteiger partial charge in [0.25, 0.3) is 0 Å². The molecule has 0 bridgehead atoms. The summed E-state index contributed by atoms with van der Waals surface area (Å²) in [5, 5.41) is 3.88. The normalized spacial score (nSPS) is 10.5. The smallest absolute Gasteiger partial charge is 0.220 e. The van der Waals surface area contributed by atoms with Gasteiger partial charge in [0.2, 0.25) is 5.91 Å². The van der Waals surface area contributed by atoms with E-state index in [1.807, 2.05) is 48.7 Å². The zero-order valence-corrected chi connectivity index (χ0v) is 15.6. The number of aromatic nitrogens is 1. The molecule has 4 nitrogen and oxygen atoms in total. The molecule has 26 heavy (non-hydrogen) atoms. The van der Waals surface area contributed by atoms with Gasteiger partial charge in [0.1, 0.15) is 10.8 Å². The molecule has 2 aromatic carbocycles. The molecule has 134 valence electrons. The minimum Gasteiger partial charge on any atom is -0.496 e. The molecule has 0 aliphatic heterocycles. The monoisotopic (exact) mass is 366 g/mol. The fourth-order valence-electron chi connectivity index (χ4n) is 2.73. The molecule has 1 aromatic heterocycles. The lowest BCUT2D eigenvalue weighted by Crippen LogP contribution is -2.22. The third kappa shape index (κ3) is 5.17. The number of ether oxygens (including phenoxy) is 1. The van der Waals surface area contributed by atoms with Crippen molar-refractivity contribution in [1.82, 2.24) is 10.3 Å². The minimum atomic E-state index is 0.0238. The Balaban J connectivity index is 1.46. The standard InChI is InChI=1S/C21H22N2O2S/c1-25-19-10-6-5-9-17(19)11-12-20(24)22-15-21-23-14-18(26-21)13-16-7-3-2-4-8-16/h2-10,14H,11-13,15H2,1H3,(H,22,24). The molecule has 0 radical (unpaired) electrons. The van der Waals surface area contributed by atoms with Gasteiger partial charge in [0, 0.05) is 23.9 Å². The van der Waals surface area contributed by atoms with Gasteiger partial charge in [-0.05, 0) is 23.6 Å². The molecular weight excluding hydrogens is 344 g/mol. The maximum Gasteiger partial charge on any atom is 0.220 e. The Kier molecular flexibility index (Phi) is 6.39. The number of amides is 1. The molecule has 0 fully saturated rings. The van der Waals surface area contributed by atoms with E-state index in [9.17, 15) is 4.79 Å².